The van der Waals surface area contributed by atoms with Crippen molar-refractivity contribution in [2.24, 2.45) is 0 Å². The van der Waals surface area contributed by atoms with Crippen LogP contribution in [0.15, 0.2) is 48.5 Å². The van der Waals surface area contributed by atoms with Gasteiger partial charge in [-0.1, -0.05) is 17.7 Å². The second-order valence-corrected chi connectivity index (χ2v) is 5.44. The minimum atomic E-state index is -0.535. The van der Waals surface area contributed by atoms with E-state index in [1.165, 1.54) is 18.2 Å². The van der Waals surface area contributed by atoms with E-state index in [-0.39, 0.29) is 12.2 Å². The Balaban J connectivity index is 1.66. The van der Waals surface area contributed by atoms with Crippen molar-refractivity contribution in [2.45, 2.75) is 6.54 Å². The molecule has 1 N–H and O–H groups in total. The summed E-state index contributed by atoms with van der Waals surface area (Å²) in [6.45, 7) is -0.177. The van der Waals surface area contributed by atoms with Crippen molar-refractivity contribution in [1.29, 1.82) is 0 Å². The van der Waals surface area contributed by atoms with Gasteiger partial charge in [0.2, 0.25) is 11.7 Å². The quantitative estimate of drug-likeness (QED) is 0.553. The van der Waals surface area contributed by atoms with Crippen LogP contribution < -0.4 is 5.32 Å². The van der Waals surface area contributed by atoms with Crippen molar-refractivity contribution in [2.75, 3.05) is 5.32 Å². The van der Waals surface area contributed by atoms with Crippen LogP contribution in [0.3, 0.4) is 0 Å². The number of nitrogens with one attached hydrogen (secondary N) is 1. The molecule has 126 valence electrons. The summed E-state index contributed by atoms with van der Waals surface area (Å²) in [4.78, 5) is 23.4. The van der Waals surface area contributed by atoms with Gasteiger partial charge in [-0.05, 0) is 35.5 Å². The van der Waals surface area contributed by atoms with Crippen molar-refractivity contribution < 1.29 is 9.72 Å². The maximum atomic E-state index is 12.0. The summed E-state index contributed by atoms with van der Waals surface area (Å²) in [6, 6.07) is 12.5. The van der Waals surface area contributed by atoms with E-state index < -0.39 is 10.8 Å². The molecule has 3 rings (SSSR count). The summed E-state index contributed by atoms with van der Waals surface area (Å²) < 4.78 is 0. The first-order chi connectivity index (χ1) is 12.0. The van der Waals surface area contributed by atoms with Gasteiger partial charge in [-0.3, -0.25) is 14.9 Å². The average molecular weight is 359 g/mol. The molecule has 0 fully saturated rings. The fourth-order valence-corrected chi connectivity index (χ4v) is 2.18. The number of rotatable bonds is 5. The Morgan fingerprint density at radius 1 is 1.24 bits per heavy atom. The number of hydrogen-bond donors (Lipinski definition) is 1. The molecule has 1 aromatic heterocycles. The van der Waals surface area contributed by atoms with Crippen LogP contribution in [0.1, 0.15) is 0 Å². The van der Waals surface area contributed by atoms with E-state index in [1.54, 1.807) is 30.3 Å². The van der Waals surface area contributed by atoms with Crippen LogP contribution in [0.25, 0.3) is 11.4 Å². The molecule has 0 bridgehead atoms. The fourth-order valence-electron chi connectivity index (χ4n) is 2.05. The minimum Gasteiger partial charge on any atom is -0.324 e. The molecule has 3 aromatic rings. The zero-order valence-corrected chi connectivity index (χ0v) is 13.4. The second kappa shape index (κ2) is 7.05. The van der Waals surface area contributed by atoms with Gasteiger partial charge in [0.1, 0.15) is 6.54 Å². The average Bonchev–Trinajstić information content (AvgIpc) is 3.04. The van der Waals surface area contributed by atoms with E-state index in [2.05, 4.69) is 20.7 Å². The van der Waals surface area contributed by atoms with Gasteiger partial charge in [0, 0.05) is 28.4 Å². The first-order valence-electron chi connectivity index (χ1n) is 7.09. The molecule has 0 aliphatic heterocycles. The lowest BCUT2D eigenvalue weighted by Crippen LogP contribution is -2.20. The monoisotopic (exact) mass is 358 g/mol. The van der Waals surface area contributed by atoms with Crippen molar-refractivity contribution in [3.8, 4) is 11.4 Å². The Kier molecular flexibility index (Phi) is 4.66. The SMILES string of the molecule is O=C(Cn1nnc(-c2ccc(Cl)cc2)n1)Nc1cccc([N+](=O)[O-])c1. The first kappa shape index (κ1) is 16.5. The highest BCUT2D eigenvalue weighted by Gasteiger charge is 2.11. The highest BCUT2D eigenvalue weighted by atomic mass is 35.5. The first-order valence-corrected chi connectivity index (χ1v) is 7.47. The molecule has 1 amide bonds. The van der Waals surface area contributed by atoms with Crippen LogP contribution in [-0.4, -0.2) is 31.0 Å². The number of amides is 1. The van der Waals surface area contributed by atoms with Crippen LogP contribution in [0.2, 0.25) is 5.02 Å². The number of nitro groups is 1. The molecular formula is C15H11ClN6O3. The molecule has 1 heterocycles. The lowest BCUT2D eigenvalue weighted by molar-refractivity contribution is -0.384. The number of benzene rings is 2. The van der Waals surface area contributed by atoms with E-state index in [4.69, 9.17) is 11.6 Å². The van der Waals surface area contributed by atoms with E-state index in [0.29, 0.717) is 16.5 Å². The predicted octanol–water partition coefficient (Wildman–Crippen LogP) is 2.54. The number of carbonyl (C=O) groups excluding carboxylic acids is 1. The highest BCUT2D eigenvalue weighted by Crippen LogP contribution is 2.18. The molecular weight excluding hydrogens is 348 g/mol. The summed E-state index contributed by atoms with van der Waals surface area (Å²) in [6.07, 6.45) is 0. The van der Waals surface area contributed by atoms with Crippen LogP contribution in [0.4, 0.5) is 11.4 Å². The Morgan fingerprint density at radius 2 is 2.00 bits per heavy atom. The van der Waals surface area contributed by atoms with Crippen molar-refractivity contribution in [3.63, 3.8) is 0 Å². The van der Waals surface area contributed by atoms with Crippen molar-refractivity contribution in [3.05, 3.63) is 63.7 Å². The van der Waals surface area contributed by atoms with Crippen LogP contribution in [-0.2, 0) is 11.3 Å². The lowest BCUT2D eigenvalue weighted by Gasteiger charge is -2.04. The van der Waals surface area contributed by atoms with Gasteiger partial charge in [0.05, 0.1) is 4.92 Å². The number of aromatic nitrogens is 4. The van der Waals surface area contributed by atoms with E-state index in [1.807, 2.05) is 0 Å². The lowest BCUT2D eigenvalue weighted by atomic mass is 10.2. The third-order valence-electron chi connectivity index (χ3n) is 3.18. The molecule has 0 spiro atoms. The molecule has 0 atom stereocenters. The molecule has 25 heavy (non-hydrogen) atoms. The summed E-state index contributed by atoms with van der Waals surface area (Å²) in [5, 5.41) is 25.7. The number of non-ortho nitro benzene ring substituents is 1. The van der Waals surface area contributed by atoms with Crippen LogP contribution in [0.5, 0.6) is 0 Å². The zero-order valence-electron chi connectivity index (χ0n) is 12.7. The van der Waals surface area contributed by atoms with E-state index >= 15 is 0 Å². The largest absolute Gasteiger partial charge is 0.324 e. The van der Waals surface area contributed by atoms with E-state index in [9.17, 15) is 14.9 Å². The number of hydrogen-bond acceptors (Lipinski definition) is 6. The van der Waals surface area contributed by atoms with Gasteiger partial charge in [0.15, 0.2) is 0 Å². The Morgan fingerprint density at radius 3 is 2.72 bits per heavy atom. The third kappa shape index (κ3) is 4.15. The molecule has 0 saturated carbocycles. The smallest absolute Gasteiger partial charge is 0.271 e. The zero-order chi connectivity index (χ0) is 17.8. The number of anilines is 1. The summed E-state index contributed by atoms with van der Waals surface area (Å²) in [7, 11) is 0. The van der Waals surface area contributed by atoms with Crippen LogP contribution in [0, 0.1) is 10.1 Å². The molecule has 0 saturated heterocycles. The number of nitrogens with zero attached hydrogens (tertiary/aromatic N) is 5. The molecule has 0 unspecified atom stereocenters. The second-order valence-electron chi connectivity index (χ2n) is 5.01. The van der Waals surface area contributed by atoms with Gasteiger partial charge in [0.25, 0.3) is 5.69 Å². The Labute approximate surface area is 146 Å². The Hall–Kier alpha value is -3.33. The number of tetrazole rings is 1. The van der Waals surface area contributed by atoms with Gasteiger partial charge in [-0.2, -0.15) is 4.80 Å². The third-order valence-corrected chi connectivity index (χ3v) is 3.43. The number of carbonyl (C=O) groups is 1. The normalized spacial score (nSPS) is 10.4. The van der Waals surface area contributed by atoms with Crippen molar-refractivity contribution in [1.82, 2.24) is 20.2 Å². The highest BCUT2D eigenvalue weighted by molar-refractivity contribution is 6.30. The molecule has 2 aromatic carbocycles. The topological polar surface area (TPSA) is 116 Å². The predicted molar refractivity (Wildman–Crippen MR) is 90.0 cm³/mol. The van der Waals surface area contributed by atoms with Gasteiger partial charge in [-0.25, -0.2) is 0 Å². The summed E-state index contributed by atoms with van der Waals surface area (Å²) in [5.41, 5.74) is 0.925. The molecule has 0 radical (unpaired) electrons. The molecule has 10 heteroatoms. The van der Waals surface area contributed by atoms with Crippen LogP contribution >= 0.6 is 11.6 Å². The number of nitro benzene ring substituents is 1. The minimum absolute atomic E-state index is 0.110. The van der Waals surface area contributed by atoms with Gasteiger partial charge >= 0.3 is 0 Å². The van der Waals surface area contributed by atoms with Crippen molar-refractivity contribution >= 4 is 28.9 Å². The van der Waals surface area contributed by atoms with E-state index in [0.717, 1.165) is 10.4 Å². The summed E-state index contributed by atoms with van der Waals surface area (Å²) >= 11 is 5.82. The standard InChI is InChI=1S/C15H11ClN6O3/c16-11-6-4-10(5-7-11)15-18-20-21(19-15)9-14(23)17-12-2-1-3-13(8-12)22(24)25/h1-8H,9H2,(H,17,23). The molecule has 0 aliphatic rings. The number of halogens is 1. The maximum Gasteiger partial charge on any atom is 0.271 e. The fraction of sp³-hybridized carbons (Fsp3) is 0.0667. The summed E-state index contributed by atoms with van der Waals surface area (Å²) in [5.74, 6) is -0.0691. The maximum absolute atomic E-state index is 12.0. The molecule has 0 aliphatic carbocycles. The van der Waals surface area contributed by atoms with Gasteiger partial charge < -0.3 is 5.32 Å². The Bertz CT molecular complexity index is 925. The van der Waals surface area contributed by atoms with Gasteiger partial charge in [-0.15, -0.1) is 10.2 Å². The molecule has 9 nitrogen and oxygen atoms in total.